The van der Waals surface area contributed by atoms with Crippen molar-refractivity contribution in [2.45, 2.75) is 71.8 Å². The van der Waals surface area contributed by atoms with Crippen LogP contribution in [0.1, 0.15) is 66.2 Å². The van der Waals surface area contributed by atoms with Gasteiger partial charge in [-0.15, -0.1) is 0 Å². The Kier molecular flexibility index (Phi) is 3.40. The van der Waals surface area contributed by atoms with Crippen LogP contribution < -0.4 is 0 Å². The summed E-state index contributed by atoms with van der Waals surface area (Å²) < 4.78 is 6.02. The van der Waals surface area contributed by atoms with Crippen molar-refractivity contribution < 1.29 is 9.53 Å². The van der Waals surface area contributed by atoms with E-state index in [0.717, 1.165) is 41.9 Å². The van der Waals surface area contributed by atoms with E-state index in [1.807, 2.05) is 6.92 Å². The second-order valence-corrected chi connectivity index (χ2v) is 9.32. The number of hydrogen-bond donors (Lipinski definition) is 0. The second-order valence-electron chi connectivity index (χ2n) is 9.32. The Hall–Kier alpha value is -0.530. The largest absolute Gasteiger partial charge is 0.459 e. The molecule has 0 aliphatic heterocycles. The van der Waals surface area contributed by atoms with Crippen molar-refractivity contribution in [2.24, 2.45) is 47.3 Å². The first-order valence-corrected chi connectivity index (χ1v) is 9.65. The van der Waals surface area contributed by atoms with E-state index in [1.54, 1.807) is 0 Å². The maximum Gasteiger partial charge on any atom is 0.309 e. The first-order chi connectivity index (χ1) is 10.4. The Balaban J connectivity index is 1.49. The van der Waals surface area contributed by atoms with Crippen LogP contribution in [0.3, 0.4) is 0 Å². The highest BCUT2D eigenvalue weighted by molar-refractivity contribution is 5.72. The van der Waals surface area contributed by atoms with Crippen LogP contribution in [-0.4, -0.2) is 11.6 Å². The van der Waals surface area contributed by atoms with Crippen molar-refractivity contribution in [3.05, 3.63) is 0 Å². The van der Waals surface area contributed by atoms with Crippen LogP contribution in [0.15, 0.2) is 0 Å². The monoisotopic (exact) mass is 304 g/mol. The van der Waals surface area contributed by atoms with Gasteiger partial charge in [-0.3, -0.25) is 4.79 Å². The highest BCUT2D eigenvalue weighted by Crippen LogP contribution is 2.70. The highest BCUT2D eigenvalue weighted by atomic mass is 16.6. The summed E-state index contributed by atoms with van der Waals surface area (Å²) in [5, 5.41) is 0. The lowest BCUT2D eigenvalue weighted by molar-refractivity contribution is -0.170. The molecule has 4 saturated carbocycles. The van der Waals surface area contributed by atoms with Gasteiger partial charge >= 0.3 is 5.97 Å². The molecule has 0 saturated heterocycles. The van der Waals surface area contributed by atoms with Crippen molar-refractivity contribution in [3.63, 3.8) is 0 Å². The summed E-state index contributed by atoms with van der Waals surface area (Å²) in [6, 6.07) is 0. The molecule has 8 unspecified atom stereocenters. The molecule has 4 aliphatic carbocycles. The average Bonchev–Trinajstić information content (AvgIpc) is 3.22. The predicted molar refractivity (Wildman–Crippen MR) is 87.1 cm³/mol. The fourth-order valence-corrected chi connectivity index (χ4v) is 6.97. The summed E-state index contributed by atoms with van der Waals surface area (Å²) in [4.78, 5) is 12.3. The van der Waals surface area contributed by atoms with E-state index in [4.69, 9.17) is 4.74 Å². The van der Waals surface area contributed by atoms with Gasteiger partial charge in [-0.05, 0) is 87.9 Å². The summed E-state index contributed by atoms with van der Waals surface area (Å²) in [5.74, 6) is 6.51. The SMILES string of the molecule is CCC(C)C(=O)OC(C)(C)C1CC2CC1C1C3CCC(C3)C21. The zero-order chi connectivity index (χ0) is 15.6. The standard InChI is InChI=1S/C20H32O2/c1-5-11(2)19(21)22-20(3,4)16-10-14-9-15(16)18-13-7-6-12(8-13)17(14)18/h11-18H,5-10H2,1-4H3. The Morgan fingerprint density at radius 2 is 1.77 bits per heavy atom. The third-order valence-electron chi connectivity index (χ3n) is 8.01. The molecule has 2 nitrogen and oxygen atoms in total. The molecule has 0 N–H and O–H groups in total. The van der Waals surface area contributed by atoms with Gasteiger partial charge in [0, 0.05) is 5.92 Å². The highest BCUT2D eigenvalue weighted by Gasteiger charge is 2.64. The zero-order valence-electron chi connectivity index (χ0n) is 14.7. The maximum absolute atomic E-state index is 12.3. The van der Waals surface area contributed by atoms with Crippen LogP contribution in [-0.2, 0) is 9.53 Å². The fraction of sp³-hybridized carbons (Fsp3) is 0.950. The summed E-state index contributed by atoms with van der Waals surface area (Å²) in [5.41, 5.74) is -0.271. The van der Waals surface area contributed by atoms with E-state index >= 15 is 0 Å². The van der Waals surface area contributed by atoms with Gasteiger partial charge in [-0.1, -0.05) is 13.8 Å². The molecular weight excluding hydrogens is 272 g/mol. The van der Waals surface area contributed by atoms with E-state index in [-0.39, 0.29) is 17.5 Å². The quantitative estimate of drug-likeness (QED) is 0.557. The predicted octanol–water partition coefficient (Wildman–Crippen LogP) is 4.67. The lowest BCUT2D eigenvalue weighted by Gasteiger charge is -2.44. The molecule has 0 amide bonds. The van der Waals surface area contributed by atoms with Crippen LogP contribution in [0.2, 0.25) is 0 Å². The first kappa shape index (κ1) is 15.0. The van der Waals surface area contributed by atoms with Gasteiger partial charge in [0.2, 0.25) is 0 Å². The van der Waals surface area contributed by atoms with E-state index < -0.39 is 0 Å². The van der Waals surface area contributed by atoms with Gasteiger partial charge in [-0.25, -0.2) is 0 Å². The lowest BCUT2D eigenvalue weighted by atomic mass is 9.64. The van der Waals surface area contributed by atoms with Crippen LogP contribution >= 0.6 is 0 Å². The van der Waals surface area contributed by atoms with Gasteiger partial charge in [-0.2, -0.15) is 0 Å². The van der Waals surface area contributed by atoms with Gasteiger partial charge < -0.3 is 4.74 Å². The molecule has 2 heteroatoms. The van der Waals surface area contributed by atoms with Crippen molar-refractivity contribution in [1.82, 2.24) is 0 Å². The van der Waals surface area contributed by atoms with Gasteiger partial charge in [0.1, 0.15) is 5.60 Å². The van der Waals surface area contributed by atoms with E-state index in [2.05, 4.69) is 20.8 Å². The summed E-state index contributed by atoms with van der Waals surface area (Å²) in [6.07, 6.45) is 8.12. The molecule has 4 fully saturated rings. The van der Waals surface area contributed by atoms with Crippen LogP contribution in [0.5, 0.6) is 0 Å². The molecule has 0 aromatic carbocycles. The van der Waals surface area contributed by atoms with E-state index in [9.17, 15) is 4.79 Å². The third kappa shape index (κ3) is 2.01. The van der Waals surface area contributed by atoms with Crippen molar-refractivity contribution in [2.75, 3.05) is 0 Å². The number of esters is 1. The Bertz CT molecular complexity index is 468. The number of ether oxygens (including phenoxy) is 1. The molecule has 0 heterocycles. The number of fused-ring (bicyclic) bond motifs is 9. The minimum absolute atomic E-state index is 0.0137. The number of carbonyl (C=O) groups excluding carboxylic acids is 1. The molecule has 0 aromatic heterocycles. The van der Waals surface area contributed by atoms with Gasteiger partial charge in [0.25, 0.3) is 0 Å². The second kappa shape index (κ2) is 4.98. The van der Waals surface area contributed by atoms with E-state index in [1.165, 1.54) is 32.1 Å². The normalized spacial score (nSPS) is 46.8. The molecule has 4 aliphatic rings. The molecule has 4 rings (SSSR count). The van der Waals surface area contributed by atoms with Crippen molar-refractivity contribution in [1.29, 1.82) is 0 Å². The topological polar surface area (TPSA) is 26.3 Å². The molecule has 4 bridgehead atoms. The lowest BCUT2D eigenvalue weighted by Crippen LogP contribution is -2.45. The molecule has 0 aromatic rings. The zero-order valence-corrected chi connectivity index (χ0v) is 14.7. The van der Waals surface area contributed by atoms with Gasteiger partial charge in [0.15, 0.2) is 0 Å². The van der Waals surface area contributed by atoms with Crippen molar-refractivity contribution >= 4 is 5.97 Å². The summed E-state index contributed by atoms with van der Waals surface area (Å²) >= 11 is 0. The van der Waals surface area contributed by atoms with Crippen LogP contribution in [0.25, 0.3) is 0 Å². The Morgan fingerprint density at radius 3 is 2.45 bits per heavy atom. The molecule has 0 spiro atoms. The van der Waals surface area contributed by atoms with Gasteiger partial charge in [0.05, 0.1) is 5.92 Å². The maximum atomic E-state index is 12.3. The minimum atomic E-state index is -0.271. The first-order valence-electron chi connectivity index (χ1n) is 9.65. The summed E-state index contributed by atoms with van der Waals surface area (Å²) in [6.45, 7) is 8.42. The Labute approximate surface area is 135 Å². The number of carbonyl (C=O) groups is 1. The third-order valence-corrected chi connectivity index (χ3v) is 8.01. The number of hydrogen-bond acceptors (Lipinski definition) is 2. The summed E-state index contributed by atoms with van der Waals surface area (Å²) in [7, 11) is 0. The number of rotatable bonds is 4. The Morgan fingerprint density at radius 1 is 1.09 bits per heavy atom. The van der Waals surface area contributed by atoms with E-state index in [0.29, 0.717) is 5.92 Å². The van der Waals surface area contributed by atoms with Crippen LogP contribution in [0.4, 0.5) is 0 Å². The minimum Gasteiger partial charge on any atom is -0.459 e. The average molecular weight is 304 g/mol. The molecule has 124 valence electrons. The van der Waals surface area contributed by atoms with Crippen LogP contribution in [0, 0.1) is 47.3 Å². The smallest absolute Gasteiger partial charge is 0.309 e. The molecule has 8 atom stereocenters. The fourth-order valence-electron chi connectivity index (χ4n) is 6.97. The van der Waals surface area contributed by atoms with Crippen molar-refractivity contribution in [3.8, 4) is 0 Å². The molecule has 22 heavy (non-hydrogen) atoms. The molecule has 0 radical (unpaired) electrons. The molecular formula is C20H32O2.